The summed E-state index contributed by atoms with van der Waals surface area (Å²) in [6.45, 7) is 8.53. The first kappa shape index (κ1) is 50.1. The summed E-state index contributed by atoms with van der Waals surface area (Å²) in [5.74, 6) is 3.50. The van der Waals surface area contributed by atoms with Crippen molar-refractivity contribution in [1.29, 1.82) is 0 Å². The number of allylic oxidation sites excluding steroid dienone is 19. The summed E-state index contributed by atoms with van der Waals surface area (Å²) in [7, 11) is 0. The molecule has 0 aliphatic heterocycles. The number of furan rings is 1. The van der Waals surface area contributed by atoms with Crippen molar-refractivity contribution in [1.82, 2.24) is 24.1 Å². The van der Waals surface area contributed by atoms with Crippen LogP contribution in [0.3, 0.4) is 0 Å². The van der Waals surface area contributed by atoms with Crippen LogP contribution in [0.1, 0.15) is 67.7 Å². The van der Waals surface area contributed by atoms with Crippen molar-refractivity contribution in [3.8, 4) is 33.9 Å². The van der Waals surface area contributed by atoms with E-state index in [1.807, 2.05) is 12.2 Å². The Morgan fingerprint density at radius 1 is 0.590 bits per heavy atom. The Morgan fingerprint density at radius 2 is 1.31 bits per heavy atom. The van der Waals surface area contributed by atoms with Crippen molar-refractivity contribution in [3.63, 3.8) is 0 Å². The zero-order valence-corrected chi connectivity index (χ0v) is 46.3. The molecular weight excluding hydrogens is 1010 g/mol. The summed E-state index contributed by atoms with van der Waals surface area (Å²) in [6, 6.07) is 50.9. The number of rotatable bonds is 14. The van der Waals surface area contributed by atoms with E-state index in [1.165, 1.54) is 10.8 Å². The van der Waals surface area contributed by atoms with Gasteiger partial charge in [-0.2, -0.15) is 0 Å². The van der Waals surface area contributed by atoms with Crippen molar-refractivity contribution in [2.45, 2.75) is 44.9 Å². The normalized spacial score (nSPS) is 17.9. The second-order valence-electron chi connectivity index (χ2n) is 22.3. The molecule has 3 atom stereocenters. The van der Waals surface area contributed by atoms with E-state index in [9.17, 15) is 0 Å². The van der Waals surface area contributed by atoms with Gasteiger partial charge in [-0.15, -0.1) is 6.58 Å². The van der Waals surface area contributed by atoms with E-state index in [0.717, 1.165) is 156 Å². The number of fused-ring (bicyclic) bond motifs is 11. The predicted molar refractivity (Wildman–Crippen MR) is 349 cm³/mol. The van der Waals surface area contributed by atoms with Crippen LogP contribution in [0, 0.1) is 17.8 Å². The van der Waals surface area contributed by atoms with Gasteiger partial charge in [0.25, 0.3) is 0 Å². The molecular formula is C77H61N5O. The quantitative estimate of drug-likeness (QED) is 0.0618. The van der Waals surface area contributed by atoms with Gasteiger partial charge >= 0.3 is 0 Å². The topological polar surface area (TPSA) is 61.7 Å². The van der Waals surface area contributed by atoms with Gasteiger partial charge in [-0.05, 0) is 134 Å². The van der Waals surface area contributed by atoms with Crippen LogP contribution in [0.25, 0.3) is 122 Å². The van der Waals surface area contributed by atoms with Gasteiger partial charge in [0, 0.05) is 66.5 Å². The van der Waals surface area contributed by atoms with Gasteiger partial charge in [0.1, 0.15) is 11.2 Å². The number of benzene rings is 7. The highest BCUT2D eigenvalue weighted by Crippen LogP contribution is 2.51. The molecule has 6 nitrogen and oxygen atoms in total. The highest BCUT2D eigenvalue weighted by Gasteiger charge is 2.45. The van der Waals surface area contributed by atoms with Crippen LogP contribution in [0.15, 0.2) is 254 Å². The molecule has 15 rings (SSSR count). The van der Waals surface area contributed by atoms with Crippen LogP contribution < -0.4 is 0 Å². The molecule has 0 saturated heterocycles. The van der Waals surface area contributed by atoms with E-state index in [2.05, 4.69) is 253 Å². The molecule has 1 fully saturated rings. The van der Waals surface area contributed by atoms with E-state index in [4.69, 9.17) is 19.4 Å². The zero-order valence-electron chi connectivity index (χ0n) is 46.3. The fourth-order valence-corrected chi connectivity index (χ4v) is 13.1. The highest BCUT2D eigenvalue weighted by molar-refractivity contribution is 6.26. The largest absolute Gasteiger partial charge is 0.455 e. The van der Waals surface area contributed by atoms with Crippen molar-refractivity contribution < 1.29 is 4.42 Å². The molecule has 0 amide bonds. The SMILES string of the molecule is C=CCC/C=C/c1ccc(-c2cc(-c3nc(C4=CCCC=C4)nc(C4=CCCCC=C4)n3)cc(/C(C=C)=C/C=C/C3C4C=CC=C[C@@H]43)c2-n2c3ccccc3c3c4oc5cc6c(cc5c4ccc32)c2ccccc2n6-c2ccccc2)cc1. The van der Waals surface area contributed by atoms with E-state index in [0.29, 0.717) is 35.2 Å². The van der Waals surface area contributed by atoms with E-state index < -0.39 is 0 Å². The minimum Gasteiger partial charge on any atom is -0.455 e. The lowest BCUT2D eigenvalue weighted by Crippen LogP contribution is -2.07. The van der Waals surface area contributed by atoms with Crippen LogP contribution in [0.4, 0.5) is 0 Å². The lowest BCUT2D eigenvalue weighted by atomic mass is 9.91. The van der Waals surface area contributed by atoms with Crippen LogP contribution >= 0.6 is 0 Å². The van der Waals surface area contributed by atoms with Gasteiger partial charge in [-0.3, -0.25) is 0 Å². The molecule has 6 heteroatoms. The van der Waals surface area contributed by atoms with Crippen LogP contribution in [0.2, 0.25) is 0 Å². The summed E-state index contributed by atoms with van der Waals surface area (Å²) in [4.78, 5) is 16.0. The summed E-state index contributed by atoms with van der Waals surface area (Å²) in [6.07, 6.45) is 44.6. The first-order chi connectivity index (χ1) is 41.1. The Balaban J connectivity index is 1.01. The molecule has 400 valence electrons. The third kappa shape index (κ3) is 8.93. The summed E-state index contributed by atoms with van der Waals surface area (Å²) in [5.41, 5.74) is 16.3. The lowest BCUT2D eigenvalue weighted by Gasteiger charge is -2.21. The second kappa shape index (κ2) is 21.2. The maximum absolute atomic E-state index is 7.30. The molecule has 83 heavy (non-hydrogen) atoms. The Labute approximate surface area is 483 Å². The molecule has 4 heterocycles. The molecule has 0 bridgehead atoms. The molecule has 0 spiro atoms. The summed E-state index contributed by atoms with van der Waals surface area (Å²) >= 11 is 0. The molecule has 0 radical (unpaired) electrons. The fraction of sp³-hybridized carbons (Fsp3) is 0.130. The third-order valence-corrected chi connectivity index (χ3v) is 17.2. The fourth-order valence-electron chi connectivity index (χ4n) is 13.1. The summed E-state index contributed by atoms with van der Waals surface area (Å²) < 4.78 is 12.1. The van der Waals surface area contributed by atoms with E-state index in [1.54, 1.807) is 0 Å². The van der Waals surface area contributed by atoms with Crippen molar-refractivity contribution in [2.24, 2.45) is 17.8 Å². The lowest BCUT2D eigenvalue weighted by molar-refractivity contribution is 0.673. The Hall–Kier alpha value is -9.91. The van der Waals surface area contributed by atoms with Crippen LogP contribution in [-0.2, 0) is 0 Å². The number of nitrogens with zero attached hydrogens (tertiary/aromatic N) is 5. The standard InChI is InChI=1S/C77H61N5O/c1-3-5-6-11-25-50-40-42-52(43-41-50)64-47-55(77-79-75(53-26-12-7-8-13-27-53)78-76(80-77)54-28-14-9-15-29-54)46-63(51(4-2)30-24-37-59-57-33-18-19-34-58(57)59)73(64)82-68-39-23-21-36-62(68)72-69(82)45-44-61-66-48-65-60-35-20-22-38-67(60)81(56-31-16-10-17-32-56)70(65)49-71(66)83-74(61)72/h3-4,10-12,14,16-49,57-59H,1-2,5-9,13,15H2/b25-11+,37-24+,51-30+/t57-,58?,59?/m0/s1. The summed E-state index contributed by atoms with van der Waals surface area (Å²) in [5, 5.41) is 6.71. The molecule has 4 aliphatic rings. The smallest absolute Gasteiger partial charge is 0.164 e. The third-order valence-electron chi connectivity index (χ3n) is 17.2. The maximum atomic E-state index is 7.30. The number of hydrogen-bond donors (Lipinski definition) is 0. The first-order valence-corrected chi connectivity index (χ1v) is 29.4. The average Bonchev–Trinajstić information content (AvgIpc) is 2.41. The van der Waals surface area contributed by atoms with Gasteiger partial charge in [-0.1, -0.05) is 189 Å². The molecule has 4 aromatic heterocycles. The number of unbranched alkanes of at least 4 members (excludes halogenated alkanes) is 1. The Kier molecular flexibility index (Phi) is 12.8. The van der Waals surface area contributed by atoms with E-state index in [-0.39, 0.29) is 0 Å². The Bertz CT molecular complexity index is 4730. The van der Waals surface area contributed by atoms with Crippen LogP contribution in [-0.4, -0.2) is 24.1 Å². The molecule has 4 aliphatic carbocycles. The van der Waals surface area contributed by atoms with E-state index >= 15 is 0 Å². The average molecular weight is 1070 g/mol. The maximum Gasteiger partial charge on any atom is 0.164 e. The monoisotopic (exact) mass is 1070 g/mol. The second-order valence-corrected chi connectivity index (χ2v) is 22.3. The van der Waals surface area contributed by atoms with Gasteiger partial charge in [0.2, 0.25) is 0 Å². The van der Waals surface area contributed by atoms with Crippen molar-refractivity contribution in [2.75, 3.05) is 0 Å². The Morgan fingerprint density at radius 3 is 2.08 bits per heavy atom. The van der Waals surface area contributed by atoms with Crippen LogP contribution in [0.5, 0.6) is 0 Å². The van der Waals surface area contributed by atoms with Crippen molar-refractivity contribution >= 4 is 88.3 Å². The molecule has 0 N–H and O–H groups in total. The first-order valence-electron chi connectivity index (χ1n) is 29.4. The zero-order chi connectivity index (χ0) is 55.4. The predicted octanol–water partition coefficient (Wildman–Crippen LogP) is 20.2. The minimum atomic E-state index is 0.455. The molecule has 11 aromatic rings. The number of hydrogen-bond acceptors (Lipinski definition) is 4. The molecule has 7 aromatic carbocycles. The van der Waals surface area contributed by atoms with Gasteiger partial charge in [-0.25, -0.2) is 15.0 Å². The van der Waals surface area contributed by atoms with Gasteiger partial charge in [0.05, 0.1) is 33.1 Å². The molecule has 1 saturated carbocycles. The number of aromatic nitrogens is 5. The minimum absolute atomic E-state index is 0.455. The number of para-hydroxylation sites is 3. The van der Waals surface area contributed by atoms with Gasteiger partial charge < -0.3 is 13.6 Å². The van der Waals surface area contributed by atoms with Gasteiger partial charge in [0.15, 0.2) is 17.5 Å². The van der Waals surface area contributed by atoms with Crippen molar-refractivity contribution in [3.05, 3.63) is 273 Å². The highest BCUT2D eigenvalue weighted by atomic mass is 16.3. The molecule has 2 unspecified atom stereocenters.